The Morgan fingerprint density at radius 1 is 1.00 bits per heavy atom. The summed E-state index contributed by atoms with van der Waals surface area (Å²) < 4.78 is 4.79. The standard InChI is InChI=1S/C16H8N2O6/c19-14-7-3-1-2-4-8(7)15(20)12-11(14)10(18(22)23)5-9-13(12)17-6-24-16(9)21/h1-5,17H,6H2. The van der Waals surface area contributed by atoms with Gasteiger partial charge < -0.3 is 10.1 Å². The number of benzene rings is 2. The van der Waals surface area contributed by atoms with Crippen molar-refractivity contribution in [3.63, 3.8) is 0 Å². The van der Waals surface area contributed by atoms with E-state index in [1.807, 2.05) is 0 Å². The molecule has 118 valence electrons. The maximum Gasteiger partial charge on any atom is 0.342 e. The number of nitrogens with one attached hydrogen (secondary N) is 1. The van der Waals surface area contributed by atoms with E-state index in [0.29, 0.717) is 0 Å². The number of anilines is 1. The maximum atomic E-state index is 12.8. The molecule has 0 saturated heterocycles. The molecule has 1 N–H and O–H groups in total. The molecule has 2 aromatic carbocycles. The van der Waals surface area contributed by atoms with Crippen LogP contribution in [-0.4, -0.2) is 29.2 Å². The number of ether oxygens (including phenoxy) is 1. The number of nitro groups is 1. The van der Waals surface area contributed by atoms with Crippen molar-refractivity contribution < 1.29 is 24.0 Å². The SMILES string of the molecule is O=C1OCNc2c1cc([N+](=O)[O-])c1c2C(=O)c2ccccc2C1=O. The first-order valence-electron chi connectivity index (χ1n) is 6.95. The monoisotopic (exact) mass is 324 g/mol. The summed E-state index contributed by atoms with van der Waals surface area (Å²) >= 11 is 0. The van der Waals surface area contributed by atoms with Crippen molar-refractivity contribution in [1.82, 2.24) is 0 Å². The minimum absolute atomic E-state index is 0.0969. The van der Waals surface area contributed by atoms with Crippen molar-refractivity contribution >= 4 is 28.9 Å². The molecular formula is C16H8N2O6. The summed E-state index contributed by atoms with van der Waals surface area (Å²) in [4.78, 5) is 48.1. The van der Waals surface area contributed by atoms with Gasteiger partial charge in [0.1, 0.15) is 5.56 Å². The van der Waals surface area contributed by atoms with Gasteiger partial charge in [-0.25, -0.2) is 4.79 Å². The third-order valence-corrected chi connectivity index (χ3v) is 4.05. The van der Waals surface area contributed by atoms with Gasteiger partial charge in [0.25, 0.3) is 5.69 Å². The summed E-state index contributed by atoms with van der Waals surface area (Å²) in [7, 11) is 0. The minimum atomic E-state index is -0.784. The van der Waals surface area contributed by atoms with E-state index in [1.165, 1.54) is 12.1 Å². The normalized spacial score (nSPS) is 14.9. The molecule has 0 spiro atoms. The van der Waals surface area contributed by atoms with Gasteiger partial charge in [-0.15, -0.1) is 0 Å². The zero-order valence-electron chi connectivity index (χ0n) is 12.0. The predicted molar refractivity (Wildman–Crippen MR) is 80.3 cm³/mol. The number of rotatable bonds is 1. The molecule has 0 bridgehead atoms. The van der Waals surface area contributed by atoms with Gasteiger partial charge in [-0.2, -0.15) is 0 Å². The van der Waals surface area contributed by atoms with Gasteiger partial charge in [0.05, 0.1) is 21.7 Å². The highest BCUT2D eigenvalue weighted by Gasteiger charge is 2.40. The molecule has 0 atom stereocenters. The first-order chi connectivity index (χ1) is 11.5. The lowest BCUT2D eigenvalue weighted by Gasteiger charge is -2.25. The fraction of sp³-hybridized carbons (Fsp3) is 0.0625. The second kappa shape index (κ2) is 4.72. The summed E-state index contributed by atoms with van der Waals surface area (Å²) in [5.41, 5.74) is -0.816. The number of fused-ring (bicyclic) bond motifs is 4. The van der Waals surface area contributed by atoms with Gasteiger partial charge in [-0.1, -0.05) is 24.3 Å². The number of nitrogens with zero attached hydrogens (tertiary/aromatic N) is 1. The number of esters is 1. The Hall–Kier alpha value is -3.55. The molecule has 2 aliphatic rings. The summed E-state index contributed by atoms with van der Waals surface area (Å²) in [6, 6.07) is 7.07. The molecule has 2 aromatic rings. The fourth-order valence-electron chi connectivity index (χ4n) is 3.01. The highest BCUT2D eigenvalue weighted by atomic mass is 16.6. The van der Waals surface area contributed by atoms with Crippen LogP contribution in [0.15, 0.2) is 30.3 Å². The Labute approximate surface area is 134 Å². The zero-order chi connectivity index (χ0) is 17.0. The highest BCUT2D eigenvalue weighted by molar-refractivity contribution is 6.32. The summed E-state index contributed by atoms with van der Waals surface area (Å²) in [6.45, 7) is -0.181. The van der Waals surface area contributed by atoms with Crippen LogP contribution in [0.4, 0.5) is 11.4 Å². The molecule has 0 unspecified atom stereocenters. The van der Waals surface area contributed by atoms with Gasteiger partial charge in [-0.3, -0.25) is 19.7 Å². The van der Waals surface area contributed by atoms with Crippen LogP contribution in [0.5, 0.6) is 0 Å². The van der Waals surface area contributed by atoms with Crippen molar-refractivity contribution in [2.24, 2.45) is 0 Å². The predicted octanol–water partition coefficient (Wildman–Crippen LogP) is 1.91. The molecule has 1 aliphatic carbocycles. The van der Waals surface area contributed by atoms with E-state index in [4.69, 9.17) is 4.74 Å². The van der Waals surface area contributed by atoms with Gasteiger partial charge in [-0.05, 0) is 0 Å². The van der Waals surface area contributed by atoms with Crippen LogP contribution in [0, 0.1) is 10.1 Å². The van der Waals surface area contributed by atoms with Crippen LogP contribution in [0.3, 0.4) is 0 Å². The van der Waals surface area contributed by atoms with E-state index in [0.717, 1.165) is 6.07 Å². The van der Waals surface area contributed by atoms with Crippen LogP contribution in [0.25, 0.3) is 0 Å². The van der Waals surface area contributed by atoms with Crippen LogP contribution < -0.4 is 5.32 Å². The Bertz CT molecular complexity index is 979. The van der Waals surface area contributed by atoms with Crippen molar-refractivity contribution in [1.29, 1.82) is 0 Å². The van der Waals surface area contributed by atoms with Crippen molar-refractivity contribution in [2.75, 3.05) is 12.0 Å². The topological polar surface area (TPSA) is 116 Å². The summed E-state index contributed by atoms with van der Waals surface area (Å²) in [6.07, 6.45) is 0. The van der Waals surface area contributed by atoms with E-state index in [-0.39, 0.29) is 40.2 Å². The van der Waals surface area contributed by atoms with Crippen molar-refractivity contribution in [3.05, 3.63) is 68.3 Å². The van der Waals surface area contributed by atoms with Crippen LogP contribution >= 0.6 is 0 Å². The third kappa shape index (κ3) is 1.70. The van der Waals surface area contributed by atoms with Gasteiger partial charge >= 0.3 is 5.97 Å². The number of ketones is 2. The first kappa shape index (κ1) is 14.1. The number of carbonyl (C=O) groups excluding carboxylic acids is 3. The van der Waals surface area contributed by atoms with E-state index in [2.05, 4.69) is 5.32 Å². The third-order valence-electron chi connectivity index (χ3n) is 4.05. The molecule has 0 fully saturated rings. The largest absolute Gasteiger partial charge is 0.441 e. The maximum absolute atomic E-state index is 12.8. The molecule has 1 aliphatic heterocycles. The Morgan fingerprint density at radius 2 is 1.62 bits per heavy atom. The zero-order valence-corrected chi connectivity index (χ0v) is 12.0. The molecular weight excluding hydrogens is 316 g/mol. The van der Waals surface area contributed by atoms with E-state index >= 15 is 0 Å². The quantitative estimate of drug-likeness (QED) is 0.413. The van der Waals surface area contributed by atoms with Crippen molar-refractivity contribution in [3.8, 4) is 0 Å². The molecule has 8 heteroatoms. The lowest BCUT2D eigenvalue weighted by Crippen LogP contribution is -2.29. The molecule has 0 radical (unpaired) electrons. The molecule has 4 rings (SSSR count). The summed E-state index contributed by atoms with van der Waals surface area (Å²) in [5, 5.41) is 14.1. The molecule has 0 amide bonds. The first-order valence-corrected chi connectivity index (χ1v) is 6.95. The second-order valence-corrected chi connectivity index (χ2v) is 5.28. The van der Waals surface area contributed by atoms with Gasteiger partial charge in [0.2, 0.25) is 5.78 Å². The van der Waals surface area contributed by atoms with Crippen LogP contribution in [0.2, 0.25) is 0 Å². The average molecular weight is 324 g/mol. The number of carbonyl (C=O) groups is 3. The van der Waals surface area contributed by atoms with E-state index in [1.54, 1.807) is 12.1 Å². The smallest absolute Gasteiger partial charge is 0.342 e. The molecule has 0 aromatic heterocycles. The number of nitro benzene ring substituents is 1. The fourth-order valence-corrected chi connectivity index (χ4v) is 3.01. The lowest BCUT2D eigenvalue weighted by atomic mass is 9.81. The number of hydrogen-bond donors (Lipinski definition) is 1. The Morgan fingerprint density at radius 3 is 2.25 bits per heavy atom. The van der Waals surface area contributed by atoms with Gasteiger partial charge in [0.15, 0.2) is 12.5 Å². The lowest BCUT2D eigenvalue weighted by molar-refractivity contribution is -0.385. The van der Waals surface area contributed by atoms with Gasteiger partial charge in [0, 0.05) is 17.2 Å². The van der Waals surface area contributed by atoms with Crippen LogP contribution in [0.1, 0.15) is 42.2 Å². The second-order valence-electron chi connectivity index (χ2n) is 5.28. The number of cyclic esters (lactones) is 1. The van der Waals surface area contributed by atoms with E-state index < -0.39 is 28.1 Å². The molecule has 8 nitrogen and oxygen atoms in total. The minimum Gasteiger partial charge on any atom is -0.441 e. The van der Waals surface area contributed by atoms with Crippen LogP contribution in [-0.2, 0) is 4.74 Å². The van der Waals surface area contributed by atoms with E-state index in [9.17, 15) is 24.5 Å². The number of hydrogen-bond acceptors (Lipinski definition) is 7. The highest BCUT2D eigenvalue weighted by Crippen LogP contribution is 2.40. The average Bonchev–Trinajstić information content (AvgIpc) is 2.58. The molecule has 0 saturated carbocycles. The molecule has 24 heavy (non-hydrogen) atoms. The molecule has 1 heterocycles. The summed E-state index contributed by atoms with van der Waals surface area (Å²) in [5.74, 6) is -1.94. The Balaban J connectivity index is 2.13. The van der Waals surface area contributed by atoms with Crippen molar-refractivity contribution in [2.45, 2.75) is 0 Å². The Kier molecular flexibility index (Phi) is 2.77.